The van der Waals surface area contributed by atoms with E-state index in [0.29, 0.717) is 5.69 Å². The van der Waals surface area contributed by atoms with Crippen molar-refractivity contribution in [3.8, 4) is 0 Å². The molecule has 0 aromatic carbocycles. The maximum absolute atomic E-state index is 12.7. The number of amides is 1. The molecule has 5 nitrogen and oxygen atoms in total. The number of likely N-dealkylation sites (tertiary alicyclic amines) is 1. The zero-order valence-corrected chi connectivity index (χ0v) is 13.5. The molecule has 1 aromatic rings. The first-order chi connectivity index (χ1) is 10.6. The number of nitrogens with zero attached hydrogens (tertiary/aromatic N) is 2. The van der Waals surface area contributed by atoms with E-state index in [1.54, 1.807) is 0 Å². The normalized spacial score (nSPS) is 29.5. The molecule has 4 rings (SSSR count). The molecule has 1 N–H and O–H groups in total. The lowest BCUT2D eigenvalue weighted by Gasteiger charge is -2.42. The second-order valence-electron chi connectivity index (χ2n) is 7.27. The number of aromatic amines is 1. The quantitative estimate of drug-likeness (QED) is 0.914. The van der Waals surface area contributed by atoms with Gasteiger partial charge in [0.25, 0.3) is 5.91 Å². The van der Waals surface area contributed by atoms with Crippen LogP contribution in [0.15, 0.2) is 0 Å². The highest BCUT2D eigenvalue weighted by Crippen LogP contribution is 2.37. The van der Waals surface area contributed by atoms with Crippen molar-refractivity contribution in [3.05, 3.63) is 17.0 Å². The van der Waals surface area contributed by atoms with Crippen molar-refractivity contribution in [2.75, 3.05) is 13.1 Å². The predicted octanol–water partition coefficient (Wildman–Crippen LogP) is 2.69. The number of carbonyl (C=O) groups excluding carboxylic acids is 1. The van der Waals surface area contributed by atoms with E-state index < -0.39 is 0 Å². The molecule has 1 aliphatic carbocycles. The highest BCUT2D eigenvalue weighted by atomic mass is 16.5. The first-order valence-electron chi connectivity index (χ1n) is 8.65. The number of aromatic nitrogens is 2. The van der Waals surface area contributed by atoms with Crippen LogP contribution < -0.4 is 0 Å². The summed E-state index contributed by atoms with van der Waals surface area (Å²) in [5.74, 6) is 1.68. The van der Waals surface area contributed by atoms with Gasteiger partial charge in [-0.3, -0.25) is 9.89 Å². The number of fused-ring (bicyclic) bond motifs is 1. The molecule has 0 bridgehead atoms. The number of ether oxygens (including phenoxy) is 1. The molecule has 0 spiro atoms. The van der Waals surface area contributed by atoms with Gasteiger partial charge in [-0.2, -0.15) is 5.10 Å². The molecular weight excluding hydrogens is 278 g/mol. The van der Waals surface area contributed by atoms with Crippen LogP contribution in [-0.2, 0) is 11.2 Å². The maximum Gasteiger partial charge on any atom is 0.274 e. The van der Waals surface area contributed by atoms with E-state index >= 15 is 0 Å². The summed E-state index contributed by atoms with van der Waals surface area (Å²) in [6, 6.07) is 0. The van der Waals surface area contributed by atoms with Gasteiger partial charge in [0.05, 0.1) is 17.9 Å². The van der Waals surface area contributed by atoms with Crippen LogP contribution in [-0.4, -0.2) is 40.2 Å². The Morgan fingerprint density at radius 2 is 1.95 bits per heavy atom. The molecule has 0 radical (unpaired) electrons. The third kappa shape index (κ3) is 2.26. The maximum atomic E-state index is 12.7. The highest BCUT2D eigenvalue weighted by molar-refractivity contribution is 5.94. The molecule has 2 atom stereocenters. The average Bonchev–Trinajstić information content (AvgIpc) is 3.05. The second kappa shape index (κ2) is 5.37. The Hall–Kier alpha value is -1.36. The SMILES string of the molecule is C[C@@H]1Cc2c(C(=O)N3CC(C4CCCC4)C3)n[nH]c2[C@H](C)O1. The van der Waals surface area contributed by atoms with Crippen molar-refractivity contribution < 1.29 is 9.53 Å². The van der Waals surface area contributed by atoms with Crippen LogP contribution in [0.5, 0.6) is 0 Å². The van der Waals surface area contributed by atoms with Crippen molar-refractivity contribution in [2.24, 2.45) is 11.8 Å². The Kier molecular flexibility index (Phi) is 3.48. The summed E-state index contributed by atoms with van der Waals surface area (Å²) < 4.78 is 5.79. The van der Waals surface area contributed by atoms with Gasteiger partial charge in [-0.05, 0) is 25.7 Å². The number of rotatable bonds is 2. The molecule has 1 saturated carbocycles. The van der Waals surface area contributed by atoms with Crippen molar-refractivity contribution in [2.45, 2.75) is 58.2 Å². The second-order valence-corrected chi connectivity index (χ2v) is 7.27. The molecule has 1 saturated heterocycles. The van der Waals surface area contributed by atoms with Crippen LogP contribution in [0, 0.1) is 11.8 Å². The van der Waals surface area contributed by atoms with Gasteiger partial charge < -0.3 is 9.64 Å². The standard InChI is InChI=1S/C17H25N3O2/c1-10-7-14-15(11(2)22-10)18-19-16(14)17(21)20-8-13(9-20)12-5-3-4-6-12/h10-13H,3-9H2,1-2H3,(H,18,19)/t10-,11+/m1/s1. The van der Waals surface area contributed by atoms with E-state index in [2.05, 4.69) is 17.1 Å². The van der Waals surface area contributed by atoms with Gasteiger partial charge in [0, 0.05) is 25.1 Å². The summed E-state index contributed by atoms with van der Waals surface area (Å²) in [7, 11) is 0. The Balaban J connectivity index is 1.46. The molecule has 120 valence electrons. The van der Waals surface area contributed by atoms with Crippen LogP contribution >= 0.6 is 0 Å². The minimum Gasteiger partial charge on any atom is -0.369 e. The van der Waals surface area contributed by atoms with Gasteiger partial charge in [-0.25, -0.2) is 0 Å². The summed E-state index contributed by atoms with van der Waals surface area (Å²) >= 11 is 0. The molecule has 1 amide bonds. The highest BCUT2D eigenvalue weighted by Gasteiger charge is 2.39. The van der Waals surface area contributed by atoms with Gasteiger partial charge in [0.2, 0.25) is 0 Å². The molecule has 5 heteroatoms. The van der Waals surface area contributed by atoms with E-state index in [1.165, 1.54) is 25.7 Å². The molecule has 3 heterocycles. The summed E-state index contributed by atoms with van der Waals surface area (Å²) in [6.45, 7) is 5.92. The van der Waals surface area contributed by atoms with E-state index in [-0.39, 0.29) is 18.1 Å². The van der Waals surface area contributed by atoms with E-state index in [4.69, 9.17) is 4.74 Å². The first kappa shape index (κ1) is 14.2. The van der Waals surface area contributed by atoms with Crippen molar-refractivity contribution >= 4 is 5.91 Å². The summed E-state index contributed by atoms with van der Waals surface area (Å²) in [5, 5.41) is 7.34. The van der Waals surface area contributed by atoms with Crippen molar-refractivity contribution in [1.82, 2.24) is 15.1 Å². The fourth-order valence-corrected chi connectivity index (χ4v) is 4.41. The van der Waals surface area contributed by atoms with Gasteiger partial charge in [0.15, 0.2) is 5.69 Å². The zero-order valence-electron chi connectivity index (χ0n) is 13.5. The minimum absolute atomic E-state index is 0.00423. The average molecular weight is 303 g/mol. The molecule has 3 aliphatic rings. The fourth-order valence-electron chi connectivity index (χ4n) is 4.41. The van der Waals surface area contributed by atoms with E-state index in [9.17, 15) is 4.79 Å². The van der Waals surface area contributed by atoms with Crippen LogP contribution in [0.2, 0.25) is 0 Å². The topological polar surface area (TPSA) is 58.2 Å². The summed E-state index contributed by atoms with van der Waals surface area (Å²) in [5.41, 5.74) is 2.68. The molecule has 0 unspecified atom stereocenters. The lowest BCUT2D eigenvalue weighted by molar-refractivity contribution is -0.00714. The molecule has 1 aromatic heterocycles. The molecule has 2 fully saturated rings. The van der Waals surface area contributed by atoms with Crippen LogP contribution in [0.3, 0.4) is 0 Å². The fraction of sp³-hybridized carbons (Fsp3) is 0.765. The van der Waals surface area contributed by atoms with Crippen LogP contribution in [0.1, 0.15) is 67.4 Å². The number of carbonyl (C=O) groups is 1. The van der Waals surface area contributed by atoms with E-state index in [1.807, 2.05) is 11.8 Å². The molecule has 22 heavy (non-hydrogen) atoms. The van der Waals surface area contributed by atoms with Gasteiger partial charge in [-0.15, -0.1) is 0 Å². The lowest BCUT2D eigenvalue weighted by Crippen LogP contribution is -2.52. The minimum atomic E-state index is -0.00423. The van der Waals surface area contributed by atoms with Crippen LogP contribution in [0.25, 0.3) is 0 Å². The number of H-pyrrole nitrogens is 1. The Labute approximate surface area is 131 Å². The number of hydrogen-bond donors (Lipinski definition) is 1. The zero-order chi connectivity index (χ0) is 15.3. The largest absolute Gasteiger partial charge is 0.369 e. The third-order valence-electron chi connectivity index (χ3n) is 5.70. The Morgan fingerprint density at radius 3 is 2.68 bits per heavy atom. The van der Waals surface area contributed by atoms with Crippen LogP contribution in [0.4, 0.5) is 0 Å². The van der Waals surface area contributed by atoms with Crippen molar-refractivity contribution in [3.63, 3.8) is 0 Å². The van der Waals surface area contributed by atoms with Gasteiger partial charge >= 0.3 is 0 Å². The lowest BCUT2D eigenvalue weighted by atomic mass is 9.84. The molecule has 2 aliphatic heterocycles. The monoisotopic (exact) mass is 303 g/mol. The van der Waals surface area contributed by atoms with Crippen molar-refractivity contribution in [1.29, 1.82) is 0 Å². The summed E-state index contributed by atoms with van der Waals surface area (Å²) in [6.07, 6.45) is 6.38. The first-order valence-corrected chi connectivity index (χ1v) is 8.65. The molecular formula is C17H25N3O2. The van der Waals surface area contributed by atoms with Gasteiger partial charge in [-0.1, -0.05) is 25.7 Å². The number of hydrogen-bond acceptors (Lipinski definition) is 3. The Bertz CT molecular complexity index is 570. The summed E-state index contributed by atoms with van der Waals surface area (Å²) in [4.78, 5) is 14.7. The third-order valence-corrected chi connectivity index (χ3v) is 5.70. The van der Waals surface area contributed by atoms with Gasteiger partial charge in [0.1, 0.15) is 0 Å². The predicted molar refractivity (Wildman–Crippen MR) is 82.6 cm³/mol. The smallest absolute Gasteiger partial charge is 0.274 e. The number of nitrogens with one attached hydrogen (secondary N) is 1. The van der Waals surface area contributed by atoms with E-state index in [0.717, 1.165) is 42.6 Å². The Morgan fingerprint density at radius 1 is 1.23 bits per heavy atom.